The van der Waals surface area contributed by atoms with Crippen LogP contribution in [0.5, 0.6) is 5.75 Å². The van der Waals surface area contributed by atoms with E-state index in [9.17, 15) is 13.2 Å². The molecule has 134 valence electrons. The molecule has 0 aliphatic carbocycles. The normalized spacial score (nSPS) is 11.4. The molecule has 2 N–H and O–H groups in total. The number of methoxy groups -OCH3 is 1. The Bertz CT molecular complexity index is 813. The van der Waals surface area contributed by atoms with Crippen LogP contribution in [0.1, 0.15) is 29.8 Å². The summed E-state index contributed by atoms with van der Waals surface area (Å²) in [7, 11) is -2.08. The zero-order chi connectivity index (χ0) is 18.4. The lowest BCUT2D eigenvalue weighted by Gasteiger charge is -2.10. The van der Waals surface area contributed by atoms with Gasteiger partial charge in [0.1, 0.15) is 5.75 Å². The molecule has 2 aromatic carbocycles. The van der Waals surface area contributed by atoms with Crippen LogP contribution in [0.15, 0.2) is 53.4 Å². The van der Waals surface area contributed by atoms with Gasteiger partial charge in [0, 0.05) is 18.2 Å². The minimum atomic E-state index is -3.65. The van der Waals surface area contributed by atoms with Gasteiger partial charge >= 0.3 is 0 Å². The lowest BCUT2D eigenvalue weighted by atomic mass is 10.2. The molecule has 0 spiro atoms. The van der Waals surface area contributed by atoms with Gasteiger partial charge in [0.15, 0.2) is 0 Å². The predicted octanol–water partition coefficient (Wildman–Crippen LogP) is 2.31. The molecule has 0 saturated carbocycles. The summed E-state index contributed by atoms with van der Waals surface area (Å²) in [5, 5.41) is 2.76. The molecule has 6 nitrogen and oxygen atoms in total. The van der Waals surface area contributed by atoms with Crippen molar-refractivity contribution in [2.24, 2.45) is 0 Å². The number of sulfonamides is 1. The number of hydrogen-bond acceptors (Lipinski definition) is 4. The number of ether oxygens (including phenoxy) is 1. The number of hydrogen-bond donors (Lipinski definition) is 2. The highest BCUT2D eigenvalue weighted by atomic mass is 32.2. The molecule has 0 fully saturated rings. The maximum Gasteiger partial charge on any atom is 0.251 e. The Labute approximate surface area is 148 Å². The van der Waals surface area contributed by atoms with Crippen molar-refractivity contribution >= 4 is 15.9 Å². The fraction of sp³-hybridized carbons (Fsp3) is 0.278. The molecule has 0 bridgehead atoms. The Morgan fingerprint density at radius 3 is 2.16 bits per heavy atom. The monoisotopic (exact) mass is 362 g/mol. The topological polar surface area (TPSA) is 84.5 Å². The largest absolute Gasteiger partial charge is 0.497 e. The van der Waals surface area contributed by atoms with Gasteiger partial charge in [-0.05, 0) is 55.8 Å². The number of rotatable bonds is 7. The van der Waals surface area contributed by atoms with Crippen LogP contribution in [0, 0.1) is 0 Å². The average Bonchev–Trinajstić information content (AvgIpc) is 2.60. The van der Waals surface area contributed by atoms with Gasteiger partial charge in [-0.25, -0.2) is 13.1 Å². The van der Waals surface area contributed by atoms with Crippen molar-refractivity contribution in [3.63, 3.8) is 0 Å². The summed E-state index contributed by atoms with van der Waals surface area (Å²) in [5.41, 5.74) is 1.24. The van der Waals surface area contributed by atoms with E-state index < -0.39 is 10.0 Å². The number of nitrogens with one attached hydrogen (secondary N) is 2. The fourth-order valence-electron chi connectivity index (χ4n) is 2.14. The van der Waals surface area contributed by atoms with Gasteiger partial charge in [0.2, 0.25) is 10.0 Å². The van der Waals surface area contributed by atoms with Crippen molar-refractivity contribution in [2.45, 2.75) is 31.3 Å². The number of carbonyl (C=O) groups is 1. The Morgan fingerprint density at radius 2 is 1.64 bits per heavy atom. The molecule has 0 heterocycles. The van der Waals surface area contributed by atoms with Gasteiger partial charge in [0.05, 0.1) is 12.0 Å². The van der Waals surface area contributed by atoms with E-state index in [-0.39, 0.29) is 23.4 Å². The molecule has 2 rings (SSSR count). The van der Waals surface area contributed by atoms with Gasteiger partial charge in [-0.3, -0.25) is 4.79 Å². The zero-order valence-electron chi connectivity index (χ0n) is 14.4. The SMILES string of the molecule is COc1ccc(CNS(=O)(=O)c2ccc(C(=O)NC(C)C)cc2)cc1. The fourth-order valence-corrected chi connectivity index (χ4v) is 3.15. The predicted molar refractivity (Wildman–Crippen MR) is 96.1 cm³/mol. The molecule has 1 amide bonds. The van der Waals surface area contributed by atoms with E-state index in [0.29, 0.717) is 11.3 Å². The van der Waals surface area contributed by atoms with Crippen LogP contribution in [-0.4, -0.2) is 27.5 Å². The summed E-state index contributed by atoms with van der Waals surface area (Å²) in [6, 6.07) is 13.0. The van der Waals surface area contributed by atoms with E-state index in [1.54, 1.807) is 31.4 Å². The number of amides is 1. The molecule has 2 aromatic rings. The molecule has 25 heavy (non-hydrogen) atoms. The smallest absolute Gasteiger partial charge is 0.251 e. The van der Waals surface area contributed by atoms with Crippen molar-refractivity contribution in [3.8, 4) is 5.75 Å². The van der Waals surface area contributed by atoms with E-state index in [1.807, 2.05) is 13.8 Å². The summed E-state index contributed by atoms with van der Waals surface area (Å²) < 4.78 is 32.3. The summed E-state index contributed by atoms with van der Waals surface area (Å²) in [4.78, 5) is 12.0. The third kappa shape index (κ3) is 5.30. The summed E-state index contributed by atoms with van der Waals surface area (Å²) in [6.07, 6.45) is 0. The van der Waals surface area contributed by atoms with Crippen molar-refractivity contribution in [2.75, 3.05) is 7.11 Å². The second kappa shape index (κ2) is 8.13. The summed E-state index contributed by atoms with van der Waals surface area (Å²) in [6.45, 7) is 3.89. The van der Waals surface area contributed by atoms with Gasteiger partial charge in [-0.2, -0.15) is 0 Å². The Morgan fingerprint density at radius 1 is 1.04 bits per heavy atom. The zero-order valence-corrected chi connectivity index (χ0v) is 15.3. The van der Waals surface area contributed by atoms with Crippen LogP contribution in [0.3, 0.4) is 0 Å². The Hall–Kier alpha value is -2.38. The first-order valence-corrected chi connectivity index (χ1v) is 9.33. The second-order valence-electron chi connectivity index (χ2n) is 5.83. The molecular weight excluding hydrogens is 340 g/mol. The van der Waals surface area contributed by atoms with Crippen molar-refractivity contribution < 1.29 is 17.9 Å². The lowest BCUT2D eigenvalue weighted by Crippen LogP contribution is -2.30. The maximum absolute atomic E-state index is 12.4. The van der Waals surface area contributed by atoms with Gasteiger partial charge in [-0.1, -0.05) is 12.1 Å². The van der Waals surface area contributed by atoms with E-state index >= 15 is 0 Å². The minimum Gasteiger partial charge on any atom is -0.497 e. The molecule has 7 heteroatoms. The van der Waals surface area contributed by atoms with Gasteiger partial charge in [-0.15, -0.1) is 0 Å². The first kappa shape index (κ1) is 19.0. The molecule has 0 unspecified atom stereocenters. The summed E-state index contributed by atoms with van der Waals surface area (Å²) >= 11 is 0. The quantitative estimate of drug-likeness (QED) is 0.792. The van der Waals surface area contributed by atoms with Crippen LogP contribution >= 0.6 is 0 Å². The van der Waals surface area contributed by atoms with Gasteiger partial charge in [0.25, 0.3) is 5.91 Å². The molecular formula is C18H22N2O4S. The van der Waals surface area contributed by atoms with Crippen LogP contribution in [0.25, 0.3) is 0 Å². The molecule has 0 aromatic heterocycles. The van der Waals surface area contributed by atoms with Crippen LogP contribution in [0.4, 0.5) is 0 Å². The van der Waals surface area contributed by atoms with E-state index in [1.165, 1.54) is 24.3 Å². The molecule has 0 aliphatic heterocycles. The van der Waals surface area contributed by atoms with Crippen LogP contribution in [0.2, 0.25) is 0 Å². The Balaban J connectivity index is 2.04. The highest BCUT2D eigenvalue weighted by Gasteiger charge is 2.15. The van der Waals surface area contributed by atoms with E-state index in [2.05, 4.69) is 10.0 Å². The lowest BCUT2D eigenvalue weighted by molar-refractivity contribution is 0.0943. The van der Waals surface area contributed by atoms with Gasteiger partial charge < -0.3 is 10.1 Å². The standard InChI is InChI=1S/C18H22N2O4S/c1-13(2)20-18(21)15-6-10-17(11-7-15)25(22,23)19-12-14-4-8-16(24-3)9-5-14/h4-11,13,19H,12H2,1-3H3,(H,20,21). The first-order valence-electron chi connectivity index (χ1n) is 7.85. The molecule has 0 atom stereocenters. The summed E-state index contributed by atoms with van der Waals surface area (Å²) in [5.74, 6) is 0.479. The molecule has 0 radical (unpaired) electrons. The van der Waals surface area contributed by atoms with Crippen molar-refractivity contribution in [1.29, 1.82) is 0 Å². The molecule has 0 aliphatic rings. The highest BCUT2D eigenvalue weighted by Crippen LogP contribution is 2.14. The number of benzene rings is 2. The first-order chi connectivity index (χ1) is 11.8. The van der Waals surface area contributed by atoms with E-state index in [4.69, 9.17) is 4.74 Å². The Kier molecular flexibility index (Phi) is 6.17. The van der Waals surface area contributed by atoms with Crippen LogP contribution < -0.4 is 14.8 Å². The van der Waals surface area contributed by atoms with Crippen molar-refractivity contribution in [3.05, 3.63) is 59.7 Å². The number of carbonyl (C=O) groups excluding carboxylic acids is 1. The third-order valence-corrected chi connectivity index (χ3v) is 4.89. The van der Waals surface area contributed by atoms with Crippen LogP contribution in [-0.2, 0) is 16.6 Å². The molecule has 0 saturated heterocycles. The maximum atomic E-state index is 12.4. The van der Waals surface area contributed by atoms with E-state index in [0.717, 1.165) is 5.56 Å². The highest BCUT2D eigenvalue weighted by molar-refractivity contribution is 7.89. The average molecular weight is 362 g/mol. The minimum absolute atomic E-state index is 0.0158. The second-order valence-corrected chi connectivity index (χ2v) is 7.59. The van der Waals surface area contributed by atoms with Crippen molar-refractivity contribution in [1.82, 2.24) is 10.0 Å². The third-order valence-electron chi connectivity index (χ3n) is 3.47.